The normalized spacial score (nSPS) is 32.3. The molecule has 0 spiro atoms. The molecule has 14 heavy (non-hydrogen) atoms. The first-order valence-electron chi connectivity index (χ1n) is 5.08. The van der Waals surface area contributed by atoms with E-state index in [-0.39, 0.29) is 5.60 Å². The van der Waals surface area contributed by atoms with Crippen LogP contribution in [0.15, 0.2) is 17.5 Å². The zero-order valence-electron chi connectivity index (χ0n) is 8.33. The summed E-state index contributed by atoms with van der Waals surface area (Å²) in [5.41, 5.74) is 0.0204. The average molecular weight is 275 g/mol. The van der Waals surface area contributed by atoms with Gasteiger partial charge in [-0.1, -0.05) is 28.9 Å². The number of hydrogen-bond donors (Lipinski definition) is 0. The van der Waals surface area contributed by atoms with Gasteiger partial charge in [-0.3, -0.25) is 0 Å². The number of thiophene rings is 1. The molecule has 0 saturated carbocycles. The summed E-state index contributed by atoms with van der Waals surface area (Å²) in [6, 6.07) is 4.31. The van der Waals surface area contributed by atoms with Crippen molar-refractivity contribution in [3.8, 4) is 0 Å². The number of hydrogen-bond acceptors (Lipinski definition) is 2. The number of ether oxygens (including phenoxy) is 1. The molecule has 1 aliphatic rings. The Morgan fingerprint density at radius 3 is 3.07 bits per heavy atom. The summed E-state index contributed by atoms with van der Waals surface area (Å²) in [6.07, 6.45) is 3.82. The zero-order valence-corrected chi connectivity index (χ0v) is 10.7. The predicted molar refractivity (Wildman–Crippen MR) is 64.2 cm³/mol. The summed E-state index contributed by atoms with van der Waals surface area (Å²) in [5.74, 6) is 0. The summed E-state index contributed by atoms with van der Waals surface area (Å²) >= 11 is 5.31. The van der Waals surface area contributed by atoms with Crippen molar-refractivity contribution in [3.63, 3.8) is 0 Å². The maximum absolute atomic E-state index is 6.16. The molecule has 0 aromatic carbocycles. The monoisotopic (exact) mass is 274 g/mol. The summed E-state index contributed by atoms with van der Waals surface area (Å²) in [6.45, 7) is 2.22. The second kappa shape index (κ2) is 4.33. The van der Waals surface area contributed by atoms with Gasteiger partial charge in [-0.05, 0) is 30.7 Å². The van der Waals surface area contributed by atoms with Gasteiger partial charge in [0.05, 0.1) is 6.10 Å². The Morgan fingerprint density at radius 2 is 2.57 bits per heavy atom. The molecule has 0 amide bonds. The Hall–Kier alpha value is 0.140. The highest BCUT2D eigenvalue weighted by Gasteiger charge is 2.40. The molecule has 1 aromatic heterocycles. The minimum Gasteiger partial charge on any atom is -0.365 e. The Labute approximate surface area is 97.6 Å². The second-order valence-electron chi connectivity index (χ2n) is 3.76. The molecule has 1 nitrogen and oxygen atoms in total. The van der Waals surface area contributed by atoms with E-state index in [0.29, 0.717) is 6.10 Å². The van der Waals surface area contributed by atoms with E-state index in [9.17, 15) is 0 Å². The molecule has 1 saturated heterocycles. The van der Waals surface area contributed by atoms with Gasteiger partial charge in [-0.15, -0.1) is 11.3 Å². The van der Waals surface area contributed by atoms with Gasteiger partial charge < -0.3 is 4.74 Å². The first-order valence-corrected chi connectivity index (χ1v) is 7.08. The summed E-state index contributed by atoms with van der Waals surface area (Å²) in [5, 5.41) is 3.09. The van der Waals surface area contributed by atoms with Crippen LogP contribution in [0, 0.1) is 0 Å². The minimum atomic E-state index is 0.0204. The molecule has 3 heteroatoms. The van der Waals surface area contributed by atoms with Crippen molar-refractivity contribution in [2.24, 2.45) is 0 Å². The summed E-state index contributed by atoms with van der Waals surface area (Å²) in [4.78, 5) is 1.39. The van der Waals surface area contributed by atoms with Crippen LogP contribution in [0.4, 0.5) is 0 Å². The summed E-state index contributed by atoms with van der Waals surface area (Å²) < 4.78 is 6.16. The van der Waals surface area contributed by atoms with Crippen molar-refractivity contribution in [1.82, 2.24) is 0 Å². The van der Waals surface area contributed by atoms with Crippen molar-refractivity contribution in [2.75, 3.05) is 5.33 Å². The van der Waals surface area contributed by atoms with Crippen LogP contribution < -0.4 is 0 Å². The van der Waals surface area contributed by atoms with E-state index in [1.807, 2.05) is 11.3 Å². The van der Waals surface area contributed by atoms with E-state index in [2.05, 4.69) is 40.4 Å². The van der Waals surface area contributed by atoms with Gasteiger partial charge in [-0.25, -0.2) is 0 Å². The molecule has 2 unspecified atom stereocenters. The van der Waals surface area contributed by atoms with Gasteiger partial charge in [0.25, 0.3) is 0 Å². The van der Waals surface area contributed by atoms with Gasteiger partial charge in [0.15, 0.2) is 0 Å². The lowest BCUT2D eigenvalue weighted by molar-refractivity contribution is -0.0363. The van der Waals surface area contributed by atoms with Crippen molar-refractivity contribution in [2.45, 2.75) is 37.9 Å². The standard InChI is InChI=1S/C11H15BrOS/c1-2-11(10-4-3-7-14-10)6-5-9(8-12)13-11/h3-4,7,9H,2,5-6,8H2,1H3. The highest BCUT2D eigenvalue weighted by atomic mass is 79.9. The third kappa shape index (κ3) is 1.77. The van der Waals surface area contributed by atoms with Gasteiger partial charge in [0.1, 0.15) is 5.60 Å². The van der Waals surface area contributed by atoms with Crippen LogP contribution in [-0.4, -0.2) is 11.4 Å². The molecule has 1 aliphatic heterocycles. The minimum absolute atomic E-state index is 0.0204. The smallest absolute Gasteiger partial charge is 0.102 e. The van der Waals surface area contributed by atoms with Crippen LogP contribution in [-0.2, 0) is 10.3 Å². The molecular weight excluding hydrogens is 260 g/mol. The molecule has 0 bridgehead atoms. The van der Waals surface area contributed by atoms with Crippen LogP contribution in [0.3, 0.4) is 0 Å². The predicted octanol–water partition coefficient (Wildman–Crippen LogP) is 3.93. The van der Waals surface area contributed by atoms with Gasteiger partial charge in [0, 0.05) is 10.2 Å². The Kier molecular flexibility index (Phi) is 3.30. The Morgan fingerprint density at radius 1 is 1.71 bits per heavy atom. The lowest BCUT2D eigenvalue weighted by atomic mass is 9.95. The quantitative estimate of drug-likeness (QED) is 0.759. The maximum atomic E-state index is 6.16. The molecule has 2 heterocycles. The van der Waals surface area contributed by atoms with Crippen molar-refractivity contribution in [1.29, 1.82) is 0 Å². The van der Waals surface area contributed by atoms with Gasteiger partial charge in [-0.2, -0.15) is 0 Å². The number of rotatable bonds is 3. The molecule has 0 N–H and O–H groups in total. The van der Waals surface area contributed by atoms with Crippen LogP contribution in [0.1, 0.15) is 31.1 Å². The molecule has 2 atom stereocenters. The first-order chi connectivity index (χ1) is 6.80. The van der Waals surface area contributed by atoms with E-state index in [1.54, 1.807) is 0 Å². The summed E-state index contributed by atoms with van der Waals surface area (Å²) in [7, 11) is 0. The van der Waals surface area contributed by atoms with Gasteiger partial charge in [0.2, 0.25) is 0 Å². The van der Waals surface area contributed by atoms with E-state index >= 15 is 0 Å². The molecule has 0 aliphatic carbocycles. The van der Waals surface area contributed by atoms with Crippen LogP contribution in [0.25, 0.3) is 0 Å². The van der Waals surface area contributed by atoms with Crippen LogP contribution in [0.5, 0.6) is 0 Å². The average Bonchev–Trinajstić information content (AvgIpc) is 2.87. The van der Waals surface area contributed by atoms with Crippen molar-refractivity contribution < 1.29 is 4.74 Å². The Balaban J connectivity index is 2.20. The lowest BCUT2D eigenvalue weighted by Gasteiger charge is -2.26. The van der Waals surface area contributed by atoms with E-state index < -0.39 is 0 Å². The van der Waals surface area contributed by atoms with Crippen molar-refractivity contribution >= 4 is 27.3 Å². The van der Waals surface area contributed by atoms with E-state index in [4.69, 9.17) is 4.74 Å². The molecule has 0 radical (unpaired) electrons. The lowest BCUT2D eigenvalue weighted by Crippen LogP contribution is -2.24. The third-order valence-corrected chi connectivity index (χ3v) is 4.75. The number of halogens is 1. The maximum Gasteiger partial charge on any atom is 0.102 e. The van der Waals surface area contributed by atoms with E-state index in [0.717, 1.165) is 11.8 Å². The number of alkyl halides is 1. The van der Waals surface area contributed by atoms with E-state index in [1.165, 1.54) is 17.7 Å². The second-order valence-corrected chi connectivity index (χ2v) is 5.35. The zero-order chi connectivity index (χ0) is 10.0. The molecular formula is C11H15BrOS. The topological polar surface area (TPSA) is 9.23 Å². The first kappa shape index (κ1) is 10.7. The molecule has 78 valence electrons. The highest BCUT2D eigenvalue weighted by Crippen LogP contribution is 2.44. The van der Waals surface area contributed by atoms with Crippen LogP contribution in [0.2, 0.25) is 0 Å². The third-order valence-electron chi connectivity index (χ3n) is 2.98. The molecule has 1 fully saturated rings. The fourth-order valence-corrected chi connectivity index (χ4v) is 3.52. The molecule has 2 rings (SSSR count). The fraction of sp³-hybridized carbons (Fsp3) is 0.636. The van der Waals surface area contributed by atoms with Crippen LogP contribution >= 0.6 is 27.3 Å². The van der Waals surface area contributed by atoms with Gasteiger partial charge >= 0.3 is 0 Å². The highest BCUT2D eigenvalue weighted by molar-refractivity contribution is 9.09. The fourth-order valence-electron chi connectivity index (χ4n) is 2.09. The Bertz CT molecular complexity index is 285. The largest absolute Gasteiger partial charge is 0.365 e. The molecule has 1 aromatic rings. The van der Waals surface area contributed by atoms with Crippen molar-refractivity contribution in [3.05, 3.63) is 22.4 Å². The SMILES string of the molecule is CCC1(c2cccs2)CCC(CBr)O1.